The number of hydrogen-bond donors (Lipinski definition) is 4. The molecule has 4 aromatic rings. The molecule has 3 aromatic carbocycles. The van der Waals surface area contributed by atoms with Crippen molar-refractivity contribution in [2.45, 2.75) is 26.9 Å². The summed E-state index contributed by atoms with van der Waals surface area (Å²) in [6.07, 6.45) is 0.888. The monoisotopic (exact) mass is 499 g/mol. The van der Waals surface area contributed by atoms with Crippen molar-refractivity contribution < 1.29 is 19.1 Å². The Balaban J connectivity index is 1.42. The smallest absolute Gasteiger partial charge is 0.338 e. The number of rotatable bonds is 9. The number of ketones is 1. The fourth-order valence-electron chi connectivity index (χ4n) is 3.60. The molecular weight excluding hydrogens is 474 g/mol. The quantitative estimate of drug-likeness (QED) is 0.119. The summed E-state index contributed by atoms with van der Waals surface area (Å²) in [5.41, 5.74) is 6.10. The van der Waals surface area contributed by atoms with Crippen molar-refractivity contribution in [1.82, 2.24) is 9.97 Å². The molecule has 1 amide bonds. The molecule has 10 nitrogen and oxygen atoms in total. The normalized spacial score (nSPS) is 11.2. The van der Waals surface area contributed by atoms with Crippen LogP contribution in [0.1, 0.15) is 35.3 Å². The maximum atomic E-state index is 12.7. The largest absolute Gasteiger partial charge is 0.457 e. The van der Waals surface area contributed by atoms with Gasteiger partial charge >= 0.3 is 11.7 Å². The number of amides is 1. The van der Waals surface area contributed by atoms with Crippen molar-refractivity contribution >= 4 is 45.8 Å². The molecule has 0 spiro atoms. The number of aryl methyl sites for hydroxylation is 1. The summed E-state index contributed by atoms with van der Waals surface area (Å²) in [6.45, 7) is 3.41. The van der Waals surface area contributed by atoms with Crippen molar-refractivity contribution in [3.63, 3.8) is 0 Å². The Hall–Kier alpha value is -4.99. The van der Waals surface area contributed by atoms with Crippen LogP contribution in [0, 0.1) is 0 Å². The van der Waals surface area contributed by atoms with Crippen LogP contribution >= 0.6 is 0 Å². The van der Waals surface area contributed by atoms with Crippen molar-refractivity contribution in [1.29, 1.82) is 0 Å². The first-order chi connectivity index (χ1) is 17.8. The highest BCUT2D eigenvalue weighted by Gasteiger charge is 2.18. The van der Waals surface area contributed by atoms with Gasteiger partial charge in [0, 0.05) is 12.6 Å². The van der Waals surface area contributed by atoms with E-state index < -0.39 is 17.7 Å². The number of anilines is 2. The van der Waals surface area contributed by atoms with E-state index >= 15 is 0 Å². The van der Waals surface area contributed by atoms with Crippen LogP contribution in [-0.4, -0.2) is 33.3 Å². The van der Waals surface area contributed by atoms with E-state index in [1.807, 2.05) is 24.3 Å². The second kappa shape index (κ2) is 11.2. The molecule has 188 valence electrons. The number of H-pyrrole nitrogens is 2. The van der Waals surface area contributed by atoms with Gasteiger partial charge in [-0.25, -0.2) is 9.59 Å². The number of ether oxygens (including phenoxy) is 1. The lowest BCUT2D eigenvalue weighted by atomic mass is 10.1. The average Bonchev–Trinajstić information content (AvgIpc) is 3.26. The van der Waals surface area contributed by atoms with Crippen LogP contribution in [0.4, 0.5) is 11.4 Å². The highest BCUT2D eigenvalue weighted by molar-refractivity contribution is 6.67. The van der Waals surface area contributed by atoms with Crippen LogP contribution in [0.2, 0.25) is 0 Å². The molecule has 0 saturated heterocycles. The number of nitrogens with zero attached hydrogens (tertiary/aromatic N) is 1. The van der Waals surface area contributed by atoms with Gasteiger partial charge in [0.25, 0.3) is 5.91 Å². The SMILES string of the molecule is CCc1cccc(COC(=O)c2cccc(N/N=C(\C(C)=O)C(=O)Nc3ccc4[nH]c(=O)[nH]c4c3)c2)c1. The van der Waals surface area contributed by atoms with Gasteiger partial charge in [-0.15, -0.1) is 0 Å². The van der Waals surface area contributed by atoms with Crippen molar-refractivity contribution in [2.24, 2.45) is 5.10 Å². The summed E-state index contributed by atoms with van der Waals surface area (Å²) in [5, 5.41) is 6.55. The molecule has 0 aliphatic carbocycles. The fraction of sp³-hybridized carbons (Fsp3) is 0.148. The van der Waals surface area contributed by atoms with Crippen molar-refractivity contribution in [3.8, 4) is 0 Å². The molecule has 0 aliphatic rings. The lowest BCUT2D eigenvalue weighted by Gasteiger charge is -2.09. The Kier molecular flexibility index (Phi) is 7.58. The number of fused-ring (bicyclic) bond motifs is 1. The zero-order chi connectivity index (χ0) is 26.4. The number of carbonyl (C=O) groups is 3. The standard InChI is InChI=1S/C27H25N5O5/c1-3-17-6-4-7-18(12-17)15-37-26(35)19-8-5-9-21(13-19)31-32-24(16(2)33)25(34)28-20-10-11-22-23(14-20)30-27(36)29-22/h4-14,31H,3,15H2,1-2H3,(H,28,34)(H2,29,30,36)/b32-24+. The zero-order valence-corrected chi connectivity index (χ0v) is 20.3. The molecule has 1 aromatic heterocycles. The molecule has 0 fully saturated rings. The van der Waals surface area contributed by atoms with Gasteiger partial charge in [-0.2, -0.15) is 5.10 Å². The molecule has 4 rings (SSSR count). The third kappa shape index (κ3) is 6.37. The maximum absolute atomic E-state index is 12.7. The van der Waals surface area contributed by atoms with Crippen LogP contribution in [-0.2, 0) is 27.4 Å². The summed E-state index contributed by atoms with van der Waals surface area (Å²) in [5.74, 6) is -1.81. The van der Waals surface area contributed by atoms with Gasteiger partial charge in [-0.1, -0.05) is 37.3 Å². The number of aromatic amines is 2. The molecule has 37 heavy (non-hydrogen) atoms. The molecule has 0 bridgehead atoms. The van der Waals surface area contributed by atoms with Crippen LogP contribution < -0.4 is 16.4 Å². The predicted molar refractivity (Wildman–Crippen MR) is 141 cm³/mol. The van der Waals surface area contributed by atoms with E-state index in [9.17, 15) is 19.2 Å². The Morgan fingerprint density at radius 1 is 0.892 bits per heavy atom. The van der Waals surface area contributed by atoms with E-state index in [-0.39, 0.29) is 23.6 Å². The van der Waals surface area contributed by atoms with Gasteiger partial charge < -0.3 is 20.0 Å². The third-order valence-corrected chi connectivity index (χ3v) is 5.49. The molecule has 10 heteroatoms. The number of imidazole rings is 1. The van der Waals surface area contributed by atoms with E-state index in [0.717, 1.165) is 17.5 Å². The molecular formula is C27H25N5O5. The van der Waals surface area contributed by atoms with E-state index in [4.69, 9.17) is 4.74 Å². The van der Waals surface area contributed by atoms with Gasteiger partial charge in [0.1, 0.15) is 6.61 Å². The molecule has 0 aliphatic heterocycles. The number of hydrazone groups is 1. The number of hydrogen-bond acceptors (Lipinski definition) is 7. The third-order valence-electron chi connectivity index (χ3n) is 5.49. The minimum Gasteiger partial charge on any atom is -0.457 e. The zero-order valence-electron chi connectivity index (χ0n) is 20.3. The summed E-state index contributed by atoms with van der Waals surface area (Å²) in [6, 6.07) is 19.0. The number of nitrogens with one attached hydrogen (secondary N) is 4. The highest BCUT2D eigenvalue weighted by Crippen LogP contribution is 2.16. The molecule has 0 saturated carbocycles. The van der Waals surface area contributed by atoms with E-state index in [0.29, 0.717) is 22.4 Å². The molecule has 4 N–H and O–H groups in total. The topological polar surface area (TPSA) is 146 Å². The molecule has 0 unspecified atom stereocenters. The predicted octanol–water partition coefficient (Wildman–Crippen LogP) is 3.77. The van der Waals surface area contributed by atoms with Gasteiger partial charge in [0.15, 0.2) is 11.5 Å². The van der Waals surface area contributed by atoms with E-state index in [2.05, 4.69) is 32.7 Å². The number of carbonyl (C=O) groups excluding carboxylic acids is 3. The first kappa shape index (κ1) is 25.1. The average molecular weight is 500 g/mol. The first-order valence-corrected chi connectivity index (χ1v) is 11.6. The lowest BCUT2D eigenvalue weighted by Crippen LogP contribution is -2.29. The van der Waals surface area contributed by atoms with Crippen molar-refractivity contribution in [3.05, 3.63) is 93.9 Å². The van der Waals surface area contributed by atoms with Crippen molar-refractivity contribution in [2.75, 3.05) is 10.7 Å². The molecule has 0 atom stereocenters. The van der Waals surface area contributed by atoms with E-state index in [1.54, 1.807) is 36.4 Å². The second-order valence-electron chi connectivity index (χ2n) is 8.25. The Morgan fingerprint density at radius 2 is 1.65 bits per heavy atom. The number of aromatic nitrogens is 2. The Labute approximate surface area is 211 Å². The van der Waals surface area contributed by atoms with E-state index in [1.165, 1.54) is 13.0 Å². The minimum absolute atomic E-state index is 0.138. The van der Waals surface area contributed by atoms with Gasteiger partial charge in [0.05, 0.1) is 22.3 Å². The summed E-state index contributed by atoms with van der Waals surface area (Å²) in [7, 11) is 0. The number of Topliss-reactive ketones (excluding diaryl/α,β-unsaturated/α-hetero) is 1. The van der Waals surface area contributed by atoms with Gasteiger partial charge in [-0.05, 0) is 53.9 Å². The first-order valence-electron chi connectivity index (χ1n) is 11.6. The van der Waals surface area contributed by atoms with Crippen LogP contribution in [0.5, 0.6) is 0 Å². The van der Waals surface area contributed by atoms with Crippen LogP contribution in [0.25, 0.3) is 11.0 Å². The number of esters is 1. The highest BCUT2D eigenvalue weighted by atomic mass is 16.5. The van der Waals surface area contributed by atoms with Crippen LogP contribution in [0.15, 0.2) is 76.6 Å². The number of benzene rings is 3. The molecule has 0 radical (unpaired) electrons. The molecule has 1 heterocycles. The second-order valence-corrected chi connectivity index (χ2v) is 8.25. The summed E-state index contributed by atoms with van der Waals surface area (Å²) in [4.78, 5) is 54.0. The maximum Gasteiger partial charge on any atom is 0.338 e. The lowest BCUT2D eigenvalue weighted by molar-refractivity contribution is -0.114. The fourth-order valence-corrected chi connectivity index (χ4v) is 3.60. The van der Waals surface area contributed by atoms with Gasteiger partial charge in [0.2, 0.25) is 0 Å². The van der Waals surface area contributed by atoms with Crippen LogP contribution in [0.3, 0.4) is 0 Å². The Bertz CT molecular complexity index is 1570. The minimum atomic E-state index is -0.734. The van der Waals surface area contributed by atoms with Gasteiger partial charge in [-0.3, -0.25) is 15.0 Å². The summed E-state index contributed by atoms with van der Waals surface area (Å²) < 4.78 is 5.42. The Morgan fingerprint density at radius 3 is 2.43 bits per heavy atom. The summed E-state index contributed by atoms with van der Waals surface area (Å²) >= 11 is 0.